The van der Waals surface area contributed by atoms with Crippen LogP contribution in [0, 0.1) is 17.0 Å². The zero-order valence-electron chi connectivity index (χ0n) is 10.2. The van der Waals surface area contributed by atoms with E-state index in [-0.39, 0.29) is 18.0 Å². The second kappa shape index (κ2) is 5.67. The van der Waals surface area contributed by atoms with Crippen molar-refractivity contribution >= 4 is 17.3 Å². The molecule has 1 aromatic carbocycles. The highest BCUT2D eigenvalue weighted by Crippen LogP contribution is 2.31. The van der Waals surface area contributed by atoms with Gasteiger partial charge in [0.15, 0.2) is 5.75 Å². The lowest BCUT2D eigenvalue weighted by Gasteiger charge is -2.08. The molecule has 0 aliphatic rings. The highest BCUT2D eigenvalue weighted by Gasteiger charge is 2.18. The van der Waals surface area contributed by atoms with E-state index in [2.05, 4.69) is 4.98 Å². The molecular weight excluding hydrogens is 268 g/mol. The number of hydrogen-bond donors (Lipinski definition) is 0. The van der Waals surface area contributed by atoms with Gasteiger partial charge in [-0.2, -0.15) is 0 Å². The van der Waals surface area contributed by atoms with Gasteiger partial charge in [0.25, 0.3) is 0 Å². The number of aryl methyl sites for hydroxylation is 1. The van der Waals surface area contributed by atoms with E-state index in [1.165, 1.54) is 0 Å². The van der Waals surface area contributed by atoms with Gasteiger partial charge in [0.1, 0.15) is 11.8 Å². The first-order valence-corrected chi connectivity index (χ1v) is 5.93. The zero-order valence-corrected chi connectivity index (χ0v) is 10.9. The van der Waals surface area contributed by atoms with Crippen molar-refractivity contribution in [3.05, 3.63) is 62.9 Å². The molecule has 98 valence electrons. The number of rotatable bonds is 4. The van der Waals surface area contributed by atoms with E-state index in [9.17, 15) is 10.1 Å². The third-order valence-electron chi connectivity index (χ3n) is 2.60. The Hall–Kier alpha value is -2.14. The van der Waals surface area contributed by atoms with E-state index >= 15 is 0 Å². The lowest BCUT2D eigenvalue weighted by atomic mass is 10.2. The van der Waals surface area contributed by atoms with E-state index in [1.807, 2.05) is 0 Å². The van der Waals surface area contributed by atoms with Gasteiger partial charge >= 0.3 is 5.69 Å². The van der Waals surface area contributed by atoms with Gasteiger partial charge in [-0.05, 0) is 19.1 Å². The molecule has 0 bridgehead atoms. The molecule has 0 atom stereocenters. The number of nitro benzene ring substituents is 1. The first kappa shape index (κ1) is 13.3. The standard InChI is InChI=1S/C13H11ClN2O3/c1-9-4-2-6-11(12(9)16(17)18)19-8-10-5-3-7-15-13(10)14/h2-7H,8H2,1H3. The third kappa shape index (κ3) is 3.00. The third-order valence-corrected chi connectivity index (χ3v) is 2.94. The Balaban J connectivity index is 2.23. The number of hydrogen-bond acceptors (Lipinski definition) is 4. The maximum absolute atomic E-state index is 11.0. The second-order valence-corrected chi connectivity index (χ2v) is 4.28. The van der Waals surface area contributed by atoms with Gasteiger partial charge in [-0.25, -0.2) is 4.98 Å². The van der Waals surface area contributed by atoms with E-state index in [1.54, 1.807) is 43.5 Å². The van der Waals surface area contributed by atoms with Gasteiger partial charge in [-0.1, -0.05) is 29.8 Å². The quantitative estimate of drug-likeness (QED) is 0.487. The van der Waals surface area contributed by atoms with Gasteiger partial charge < -0.3 is 4.74 Å². The Morgan fingerprint density at radius 1 is 1.37 bits per heavy atom. The summed E-state index contributed by atoms with van der Waals surface area (Å²) < 4.78 is 5.48. The highest BCUT2D eigenvalue weighted by molar-refractivity contribution is 6.30. The summed E-state index contributed by atoms with van der Waals surface area (Å²) in [6.45, 7) is 1.80. The van der Waals surface area contributed by atoms with Crippen molar-refractivity contribution in [2.24, 2.45) is 0 Å². The molecular formula is C13H11ClN2O3. The molecule has 0 saturated heterocycles. The molecule has 2 rings (SSSR count). The number of para-hydroxylation sites is 1. The van der Waals surface area contributed by atoms with Crippen molar-refractivity contribution in [3.63, 3.8) is 0 Å². The Labute approximate surface area is 115 Å². The van der Waals surface area contributed by atoms with Crippen LogP contribution in [0.1, 0.15) is 11.1 Å². The number of nitrogens with zero attached hydrogens (tertiary/aromatic N) is 2. The molecule has 1 heterocycles. The molecule has 19 heavy (non-hydrogen) atoms. The summed E-state index contributed by atoms with van der Waals surface area (Å²) in [6.07, 6.45) is 1.57. The van der Waals surface area contributed by atoms with Crippen molar-refractivity contribution in [2.75, 3.05) is 0 Å². The van der Waals surface area contributed by atoms with Gasteiger partial charge in [0, 0.05) is 17.3 Å². The molecule has 0 unspecified atom stereocenters. The van der Waals surface area contributed by atoms with Crippen molar-refractivity contribution < 1.29 is 9.66 Å². The van der Waals surface area contributed by atoms with Gasteiger partial charge in [-0.3, -0.25) is 10.1 Å². The summed E-state index contributed by atoms with van der Waals surface area (Å²) in [5.74, 6) is 0.227. The fraction of sp³-hybridized carbons (Fsp3) is 0.154. The topological polar surface area (TPSA) is 65.3 Å². The fourth-order valence-electron chi connectivity index (χ4n) is 1.66. The van der Waals surface area contributed by atoms with E-state index < -0.39 is 4.92 Å². The molecule has 0 N–H and O–H groups in total. The SMILES string of the molecule is Cc1cccc(OCc2cccnc2Cl)c1[N+](=O)[O-]. The van der Waals surface area contributed by atoms with Crippen LogP contribution in [0.3, 0.4) is 0 Å². The molecule has 5 nitrogen and oxygen atoms in total. The first-order valence-electron chi connectivity index (χ1n) is 5.56. The minimum absolute atomic E-state index is 0.0255. The smallest absolute Gasteiger partial charge is 0.313 e. The monoisotopic (exact) mass is 278 g/mol. The van der Waals surface area contributed by atoms with E-state index in [0.29, 0.717) is 16.3 Å². The summed E-state index contributed by atoms with van der Waals surface area (Å²) in [5.41, 5.74) is 1.21. The van der Waals surface area contributed by atoms with Gasteiger partial charge in [-0.15, -0.1) is 0 Å². The number of benzene rings is 1. The lowest BCUT2D eigenvalue weighted by Crippen LogP contribution is -2.01. The van der Waals surface area contributed by atoms with Crippen molar-refractivity contribution in [1.82, 2.24) is 4.98 Å². The Morgan fingerprint density at radius 2 is 2.16 bits per heavy atom. The van der Waals surface area contributed by atoms with Gasteiger partial charge in [0.2, 0.25) is 0 Å². The van der Waals surface area contributed by atoms with Crippen LogP contribution in [0.15, 0.2) is 36.5 Å². The molecule has 0 saturated carbocycles. The minimum atomic E-state index is -0.449. The van der Waals surface area contributed by atoms with Crippen LogP contribution >= 0.6 is 11.6 Å². The summed E-state index contributed by atoms with van der Waals surface area (Å²) in [7, 11) is 0. The molecule has 0 spiro atoms. The summed E-state index contributed by atoms with van der Waals surface area (Å²) in [6, 6.07) is 8.44. The zero-order chi connectivity index (χ0) is 13.8. The molecule has 0 fully saturated rings. The van der Waals surface area contributed by atoms with Gasteiger partial charge in [0.05, 0.1) is 4.92 Å². The molecule has 0 radical (unpaired) electrons. The minimum Gasteiger partial charge on any atom is -0.482 e. The normalized spacial score (nSPS) is 10.2. The maximum Gasteiger partial charge on any atom is 0.313 e. The predicted molar refractivity (Wildman–Crippen MR) is 71.4 cm³/mol. The second-order valence-electron chi connectivity index (χ2n) is 3.92. The molecule has 2 aromatic rings. The predicted octanol–water partition coefficient (Wildman–Crippen LogP) is 3.53. The van der Waals surface area contributed by atoms with E-state index in [0.717, 1.165) is 0 Å². The highest BCUT2D eigenvalue weighted by atomic mass is 35.5. The number of pyridine rings is 1. The van der Waals surface area contributed by atoms with Crippen LogP contribution in [-0.2, 0) is 6.61 Å². The van der Waals surface area contributed by atoms with Crippen LogP contribution in [0.2, 0.25) is 5.15 Å². The molecule has 6 heteroatoms. The summed E-state index contributed by atoms with van der Waals surface area (Å²) >= 11 is 5.90. The number of aromatic nitrogens is 1. The van der Waals surface area contributed by atoms with Crippen LogP contribution in [0.5, 0.6) is 5.75 Å². The molecule has 0 amide bonds. The van der Waals surface area contributed by atoms with Crippen LogP contribution < -0.4 is 4.74 Å². The largest absolute Gasteiger partial charge is 0.482 e. The Morgan fingerprint density at radius 3 is 2.84 bits per heavy atom. The Kier molecular flexibility index (Phi) is 3.97. The van der Waals surface area contributed by atoms with Crippen LogP contribution in [-0.4, -0.2) is 9.91 Å². The molecule has 0 aliphatic carbocycles. The summed E-state index contributed by atoms with van der Waals surface area (Å²) in [5, 5.41) is 11.3. The number of halogens is 1. The average Bonchev–Trinajstić information content (AvgIpc) is 2.37. The Bertz CT molecular complexity index is 617. The van der Waals surface area contributed by atoms with E-state index in [4.69, 9.17) is 16.3 Å². The molecule has 0 aliphatic heterocycles. The van der Waals surface area contributed by atoms with Crippen molar-refractivity contribution in [2.45, 2.75) is 13.5 Å². The lowest BCUT2D eigenvalue weighted by molar-refractivity contribution is -0.386. The van der Waals surface area contributed by atoms with Crippen molar-refractivity contribution in [3.8, 4) is 5.75 Å². The number of ether oxygens (including phenoxy) is 1. The first-order chi connectivity index (χ1) is 9.09. The fourth-order valence-corrected chi connectivity index (χ4v) is 1.84. The maximum atomic E-state index is 11.0. The number of nitro groups is 1. The van der Waals surface area contributed by atoms with Crippen LogP contribution in [0.4, 0.5) is 5.69 Å². The summed E-state index contributed by atoms with van der Waals surface area (Å²) in [4.78, 5) is 14.5. The average molecular weight is 279 g/mol. The van der Waals surface area contributed by atoms with Crippen molar-refractivity contribution in [1.29, 1.82) is 0 Å². The van der Waals surface area contributed by atoms with Crippen LogP contribution in [0.25, 0.3) is 0 Å². The molecule has 1 aromatic heterocycles.